The summed E-state index contributed by atoms with van der Waals surface area (Å²) in [5, 5.41) is 0. The number of hydrogen-bond donors (Lipinski definition) is 0. The number of thioether (sulfide) groups is 1. The van der Waals surface area contributed by atoms with Crippen LogP contribution in [0.1, 0.15) is 17.2 Å². The van der Waals surface area contributed by atoms with Crippen molar-refractivity contribution in [3.8, 4) is 0 Å². The minimum Gasteiger partial charge on any atom is -0.467 e. The molecule has 0 N–H and O–H groups in total. The molecule has 2 aromatic rings. The van der Waals surface area contributed by atoms with Gasteiger partial charge in [-0.15, -0.1) is 11.8 Å². The molecule has 0 aliphatic carbocycles. The first-order chi connectivity index (χ1) is 12.0. The summed E-state index contributed by atoms with van der Waals surface area (Å²) in [6, 6.07) is 17.1. The smallest absolute Gasteiger partial charge is 0.264 e. The molecule has 7 heteroatoms. The summed E-state index contributed by atoms with van der Waals surface area (Å²) in [5.74, 6) is 0.502. The van der Waals surface area contributed by atoms with Crippen LogP contribution >= 0.6 is 11.8 Å². The molecule has 25 heavy (non-hydrogen) atoms. The van der Waals surface area contributed by atoms with E-state index in [9.17, 15) is 8.42 Å². The summed E-state index contributed by atoms with van der Waals surface area (Å²) in [4.78, 5) is 5.71. The third kappa shape index (κ3) is 4.62. The maximum Gasteiger partial charge on any atom is 0.264 e. The molecule has 2 aromatic carbocycles. The number of aliphatic imine (C=N–C) groups is 1. The van der Waals surface area contributed by atoms with E-state index in [2.05, 4.69) is 4.99 Å². The Morgan fingerprint density at radius 2 is 1.80 bits per heavy atom. The maximum atomic E-state index is 11.4. The van der Waals surface area contributed by atoms with Gasteiger partial charge in [0, 0.05) is 10.5 Å². The lowest BCUT2D eigenvalue weighted by Gasteiger charge is -2.18. The van der Waals surface area contributed by atoms with Crippen LogP contribution in [0.2, 0.25) is 0 Å². The topological polar surface area (TPSA) is 65.0 Å². The van der Waals surface area contributed by atoms with E-state index in [0.717, 1.165) is 22.3 Å². The van der Waals surface area contributed by atoms with Crippen molar-refractivity contribution in [3.05, 3.63) is 65.7 Å². The summed E-state index contributed by atoms with van der Waals surface area (Å²) in [7, 11) is -3.54. The Morgan fingerprint density at radius 1 is 1.12 bits per heavy atom. The molecule has 0 aromatic heterocycles. The van der Waals surface area contributed by atoms with Crippen molar-refractivity contribution in [2.24, 2.45) is 4.99 Å². The molecule has 1 heterocycles. The fourth-order valence-corrected chi connectivity index (χ4v) is 3.37. The fourth-order valence-electron chi connectivity index (χ4n) is 2.57. The average Bonchev–Trinajstić information content (AvgIpc) is 3.04. The van der Waals surface area contributed by atoms with E-state index in [-0.39, 0.29) is 12.7 Å². The standard InChI is InChI=1S/C18H19NO4S2/c1-24-15-10-8-13(9-11-15)17-16(12-22-25(2,20)21)19-18(23-17)14-6-4-3-5-7-14/h3-11,16-17H,12H2,1-2H3. The zero-order chi connectivity index (χ0) is 17.9. The zero-order valence-corrected chi connectivity index (χ0v) is 15.6. The van der Waals surface area contributed by atoms with Crippen LogP contribution in [-0.4, -0.2) is 39.5 Å². The molecule has 0 saturated heterocycles. The second kappa shape index (κ2) is 7.59. The summed E-state index contributed by atoms with van der Waals surface area (Å²) in [6.45, 7) is -0.0515. The third-order valence-corrected chi connectivity index (χ3v) is 5.10. The largest absolute Gasteiger partial charge is 0.467 e. The van der Waals surface area contributed by atoms with E-state index >= 15 is 0 Å². The van der Waals surface area contributed by atoms with Gasteiger partial charge in [-0.05, 0) is 36.1 Å². The van der Waals surface area contributed by atoms with Gasteiger partial charge in [0.2, 0.25) is 5.90 Å². The van der Waals surface area contributed by atoms with Gasteiger partial charge in [-0.25, -0.2) is 4.99 Å². The van der Waals surface area contributed by atoms with Crippen LogP contribution in [-0.2, 0) is 19.0 Å². The molecule has 0 amide bonds. The quantitative estimate of drug-likeness (QED) is 0.571. The van der Waals surface area contributed by atoms with E-state index < -0.39 is 16.2 Å². The van der Waals surface area contributed by atoms with Crippen LogP contribution in [0.15, 0.2) is 64.5 Å². The second-order valence-electron chi connectivity index (χ2n) is 5.67. The molecule has 3 rings (SSSR count). The zero-order valence-electron chi connectivity index (χ0n) is 14.0. The number of rotatable bonds is 6. The van der Waals surface area contributed by atoms with Gasteiger partial charge in [-0.2, -0.15) is 8.42 Å². The maximum absolute atomic E-state index is 11.4. The monoisotopic (exact) mass is 377 g/mol. The van der Waals surface area contributed by atoms with Crippen LogP contribution in [0.4, 0.5) is 0 Å². The van der Waals surface area contributed by atoms with E-state index in [1.807, 2.05) is 60.9 Å². The van der Waals surface area contributed by atoms with Gasteiger partial charge in [0.25, 0.3) is 10.1 Å². The molecule has 2 atom stereocenters. The number of ether oxygens (including phenoxy) is 1. The minimum absolute atomic E-state index is 0.0515. The lowest BCUT2D eigenvalue weighted by Crippen LogP contribution is -2.22. The van der Waals surface area contributed by atoms with E-state index in [1.54, 1.807) is 11.8 Å². The molecule has 1 aliphatic heterocycles. The van der Waals surface area contributed by atoms with Crippen LogP contribution in [0.25, 0.3) is 0 Å². The first-order valence-electron chi connectivity index (χ1n) is 7.74. The molecule has 1 aliphatic rings. The molecule has 0 spiro atoms. The molecule has 0 saturated carbocycles. The van der Waals surface area contributed by atoms with Crippen molar-refractivity contribution >= 4 is 27.8 Å². The fraction of sp³-hybridized carbons (Fsp3) is 0.278. The SMILES string of the molecule is CSc1ccc(C2OC(c3ccccc3)=NC2COS(C)(=O)=O)cc1. The molecule has 2 unspecified atom stereocenters. The van der Waals surface area contributed by atoms with Gasteiger partial charge in [0.1, 0.15) is 6.04 Å². The van der Waals surface area contributed by atoms with Crippen molar-refractivity contribution in [1.82, 2.24) is 0 Å². The van der Waals surface area contributed by atoms with E-state index in [1.165, 1.54) is 0 Å². The molecule has 132 valence electrons. The lowest BCUT2D eigenvalue weighted by molar-refractivity contribution is 0.163. The minimum atomic E-state index is -3.54. The number of nitrogens with zero attached hydrogens (tertiary/aromatic N) is 1. The molecule has 0 radical (unpaired) electrons. The van der Waals surface area contributed by atoms with Gasteiger partial charge in [0.05, 0.1) is 12.9 Å². The molecule has 5 nitrogen and oxygen atoms in total. The van der Waals surface area contributed by atoms with Crippen molar-refractivity contribution in [2.75, 3.05) is 19.1 Å². The van der Waals surface area contributed by atoms with Crippen LogP contribution in [0.3, 0.4) is 0 Å². The van der Waals surface area contributed by atoms with Gasteiger partial charge in [-0.1, -0.05) is 30.3 Å². The lowest BCUT2D eigenvalue weighted by atomic mass is 10.0. The van der Waals surface area contributed by atoms with Gasteiger partial charge in [0.15, 0.2) is 6.10 Å². The first-order valence-corrected chi connectivity index (χ1v) is 10.8. The van der Waals surface area contributed by atoms with Crippen molar-refractivity contribution < 1.29 is 17.3 Å². The predicted octanol–water partition coefficient (Wildman–Crippen LogP) is 3.27. The molecular formula is C18H19NO4S2. The normalized spacial score (nSPS) is 20.2. The summed E-state index contributed by atoms with van der Waals surface area (Å²) < 4.78 is 33.7. The Bertz CT molecular complexity index is 848. The van der Waals surface area contributed by atoms with Crippen LogP contribution < -0.4 is 0 Å². The molecule has 0 fully saturated rings. The third-order valence-electron chi connectivity index (χ3n) is 3.79. The summed E-state index contributed by atoms with van der Waals surface area (Å²) >= 11 is 1.66. The number of hydrogen-bond acceptors (Lipinski definition) is 6. The first kappa shape index (κ1) is 18.0. The summed E-state index contributed by atoms with van der Waals surface area (Å²) in [6.07, 6.45) is 2.67. The van der Waals surface area contributed by atoms with Gasteiger partial charge in [-0.3, -0.25) is 4.18 Å². The van der Waals surface area contributed by atoms with Crippen LogP contribution in [0, 0.1) is 0 Å². The van der Waals surface area contributed by atoms with Crippen molar-refractivity contribution in [1.29, 1.82) is 0 Å². The Balaban J connectivity index is 1.87. The van der Waals surface area contributed by atoms with Gasteiger partial charge < -0.3 is 4.74 Å². The van der Waals surface area contributed by atoms with Crippen molar-refractivity contribution in [2.45, 2.75) is 17.0 Å². The Kier molecular flexibility index (Phi) is 5.46. The molecular weight excluding hydrogens is 358 g/mol. The summed E-state index contributed by atoms with van der Waals surface area (Å²) in [5.41, 5.74) is 1.80. The van der Waals surface area contributed by atoms with Crippen LogP contribution in [0.5, 0.6) is 0 Å². The Labute approximate surface area is 152 Å². The van der Waals surface area contributed by atoms with Gasteiger partial charge >= 0.3 is 0 Å². The van der Waals surface area contributed by atoms with E-state index in [0.29, 0.717) is 5.90 Å². The highest BCUT2D eigenvalue weighted by molar-refractivity contribution is 7.98. The highest BCUT2D eigenvalue weighted by Gasteiger charge is 2.34. The molecule has 0 bridgehead atoms. The Morgan fingerprint density at radius 3 is 2.40 bits per heavy atom. The highest BCUT2D eigenvalue weighted by Crippen LogP contribution is 2.32. The predicted molar refractivity (Wildman–Crippen MR) is 99.6 cm³/mol. The van der Waals surface area contributed by atoms with Crippen molar-refractivity contribution in [3.63, 3.8) is 0 Å². The second-order valence-corrected chi connectivity index (χ2v) is 8.19. The Hall–Kier alpha value is -1.83. The number of benzene rings is 2. The average molecular weight is 377 g/mol. The highest BCUT2D eigenvalue weighted by atomic mass is 32.2. The van der Waals surface area contributed by atoms with E-state index in [4.69, 9.17) is 8.92 Å².